The lowest BCUT2D eigenvalue weighted by atomic mass is 9.81. The number of hydrogen-bond donors (Lipinski definition) is 3. The number of nitrogens with one attached hydrogen (secondary N) is 2. The Morgan fingerprint density at radius 1 is 1.47 bits per heavy atom. The monoisotopic (exact) mass is 240 g/mol. The first-order valence-corrected chi connectivity index (χ1v) is 6.78. The molecular formula is C13H24N2O2. The van der Waals surface area contributed by atoms with Gasteiger partial charge in [-0.05, 0) is 39.2 Å². The summed E-state index contributed by atoms with van der Waals surface area (Å²) in [6, 6.07) is 0.186. The Labute approximate surface area is 103 Å². The molecular weight excluding hydrogens is 216 g/mol. The van der Waals surface area contributed by atoms with Gasteiger partial charge in [0.2, 0.25) is 5.91 Å². The second kappa shape index (κ2) is 5.36. The van der Waals surface area contributed by atoms with Gasteiger partial charge in [-0.15, -0.1) is 0 Å². The Bertz CT molecular complexity index is 275. The first kappa shape index (κ1) is 12.8. The average molecular weight is 240 g/mol. The molecule has 1 heterocycles. The van der Waals surface area contributed by atoms with E-state index in [0.29, 0.717) is 0 Å². The van der Waals surface area contributed by atoms with Gasteiger partial charge in [0.1, 0.15) is 0 Å². The third-order valence-corrected chi connectivity index (χ3v) is 4.36. The number of carbonyl (C=O) groups is 1. The van der Waals surface area contributed by atoms with Gasteiger partial charge >= 0.3 is 0 Å². The van der Waals surface area contributed by atoms with Crippen molar-refractivity contribution in [3.8, 4) is 0 Å². The molecule has 0 radical (unpaired) electrons. The summed E-state index contributed by atoms with van der Waals surface area (Å²) in [5.41, 5.74) is -0.263. The molecule has 1 saturated carbocycles. The fourth-order valence-electron chi connectivity index (χ4n) is 3.04. The van der Waals surface area contributed by atoms with Crippen molar-refractivity contribution >= 4 is 5.91 Å². The summed E-state index contributed by atoms with van der Waals surface area (Å²) in [5.74, 6) is 0.425. The number of piperidine rings is 1. The van der Waals surface area contributed by atoms with E-state index in [4.69, 9.17) is 0 Å². The van der Waals surface area contributed by atoms with Crippen LogP contribution in [-0.2, 0) is 4.79 Å². The third-order valence-electron chi connectivity index (χ3n) is 4.36. The fraction of sp³-hybridized carbons (Fsp3) is 0.923. The van der Waals surface area contributed by atoms with Crippen molar-refractivity contribution in [3.63, 3.8) is 0 Å². The number of amides is 1. The molecule has 2 rings (SSSR count). The maximum atomic E-state index is 12.3. The maximum absolute atomic E-state index is 12.3. The Morgan fingerprint density at radius 2 is 2.29 bits per heavy atom. The number of hydrogen-bond acceptors (Lipinski definition) is 3. The van der Waals surface area contributed by atoms with Gasteiger partial charge in [-0.2, -0.15) is 0 Å². The van der Waals surface area contributed by atoms with E-state index >= 15 is 0 Å². The van der Waals surface area contributed by atoms with E-state index < -0.39 is 0 Å². The van der Waals surface area contributed by atoms with E-state index in [9.17, 15) is 9.90 Å². The van der Waals surface area contributed by atoms with Gasteiger partial charge in [-0.1, -0.05) is 6.42 Å². The molecule has 1 saturated heterocycles. The summed E-state index contributed by atoms with van der Waals surface area (Å²) in [6.45, 7) is 4.03. The van der Waals surface area contributed by atoms with Gasteiger partial charge in [0.05, 0.1) is 5.41 Å². The van der Waals surface area contributed by atoms with Crippen molar-refractivity contribution in [1.82, 2.24) is 10.6 Å². The molecule has 1 amide bonds. The SMILES string of the molecule is CC1(C(=O)NC2CCCC2CO)CCCNC1. The smallest absolute Gasteiger partial charge is 0.227 e. The standard InChI is InChI=1S/C13H24N2O2/c1-13(6-3-7-14-9-13)12(17)15-11-5-2-4-10(11)8-16/h10-11,14,16H,2-9H2,1H3,(H,15,17). The highest BCUT2D eigenvalue weighted by molar-refractivity contribution is 5.83. The van der Waals surface area contributed by atoms with Crippen LogP contribution in [0.2, 0.25) is 0 Å². The molecule has 0 bridgehead atoms. The molecule has 2 fully saturated rings. The lowest BCUT2D eigenvalue weighted by Gasteiger charge is -2.34. The summed E-state index contributed by atoms with van der Waals surface area (Å²) in [7, 11) is 0. The van der Waals surface area contributed by atoms with Crippen molar-refractivity contribution in [2.45, 2.75) is 45.1 Å². The van der Waals surface area contributed by atoms with Crippen LogP contribution in [0.25, 0.3) is 0 Å². The minimum atomic E-state index is -0.263. The van der Waals surface area contributed by atoms with Crippen molar-refractivity contribution in [2.75, 3.05) is 19.7 Å². The van der Waals surface area contributed by atoms with E-state index in [0.717, 1.165) is 45.2 Å². The summed E-state index contributed by atoms with van der Waals surface area (Å²) < 4.78 is 0. The lowest BCUT2D eigenvalue weighted by molar-refractivity contribution is -0.132. The molecule has 2 aliphatic rings. The maximum Gasteiger partial charge on any atom is 0.227 e. The highest BCUT2D eigenvalue weighted by atomic mass is 16.3. The molecule has 0 spiro atoms. The predicted molar refractivity (Wildman–Crippen MR) is 66.6 cm³/mol. The van der Waals surface area contributed by atoms with Crippen LogP contribution >= 0.6 is 0 Å². The summed E-state index contributed by atoms with van der Waals surface area (Å²) in [4.78, 5) is 12.3. The van der Waals surface area contributed by atoms with Crippen molar-refractivity contribution in [3.05, 3.63) is 0 Å². The summed E-state index contributed by atoms with van der Waals surface area (Å²) >= 11 is 0. The van der Waals surface area contributed by atoms with Crippen molar-refractivity contribution in [1.29, 1.82) is 0 Å². The summed E-state index contributed by atoms with van der Waals surface area (Å²) in [6.07, 6.45) is 5.20. The molecule has 17 heavy (non-hydrogen) atoms. The number of carbonyl (C=O) groups excluding carboxylic acids is 1. The molecule has 0 aromatic rings. The van der Waals surface area contributed by atoms with E-state index in [1.807, 2.05) is 6.92 Å². The highest BCUT2D eigenvalue weighted by Crippen LogP contribution is 2.29. The van der Waals surface area contributed by atoms with Crippen LogP contribution in [0.4, 0.5) is 0 Å². The quantitative estimate of drug-likeness (QED) is 0.679. The van der Waals surface area contributed by atoms with Gasteiger partial charge in [0.25, 0.3) is 0 Å². The largest absolute Gasteiger partial charge is 0.396 e. The topological polar surface area (TPSA) is 61.4 Å². The van der Waals surface area contributed by atoms with E-state index in [1.54, 1.807) is 0 Å². The molecule has 3 N–H and O–H groups in total. The fourth-order valence-corrected chi connectivity index (χ4v) is 3.04. The molecule has 1 aliphatic carbocycles. The molecule has 0 aromatic carbocycles. The van der Waals surface area contributed by atoms with Crippen molar-refractivity contribution in [2.24, 2.45) is 11.3 Å². The van der Waals surface area contributed by atoms with Crippen LogP contribution in [0, 0.1) is 11.3 Å². The van der Waals surface area contributed by atoms with E-state index in [-0.39, 0.29) is 29.9 Å². The van der Waals surface area contributed by atoms with E-state index in [2.05, 4.69) is 10.6 Å². The minimum absolute atomic E-state index is 0.162. The van der Waals surface area contributed by atoms with Crippen LogP contribution < -0.4 is 10.6 Å². The first-order valence-electron chi connectivity index (χ1n) is 6.78. The first-order chi connectivity index (χ1) is 8.15. The zero-order valence-corrected chi connectivity index (χ0v) is 10.7. The Balaban J connectivity index is 1.91. The highest BCUT2D eigenvalue weighted by Gasteiger charge is 2.37. The van der Waals surface area contributed by atoms with Crippen LogP contribution in [-0.4, -0.2) is 36.8 Å². The second-order valence-electron chi connectivity index (χ2n) is 5.79. The molecule has 1 aliphatic heterocycles. The Kier molecular flexibility index (Phi) is 4.05. The molecule has 3 atom stereocenters. The van der Waals surface area contributed by atoms with Crippen LogP contribution in [0.1, 0.15) is 39.0 Å². The number of aliphatic hydroxyl groups excluding tert-OH is 1. The van der Waals surface area contributed by atoms with Crippen LogP contribution in [0.3, 0.4) is 0 Å². The van der Waals surface area contributed by atoms with E-state index in [1.165, 1.54) is 0 Å². The zero-order chi connectivity index (χ0) is 12.3. The van der Waals surface area contributed by atoms with Gasteiger partial charge in [-0.3, -0.25) is 4.79 Å². The van der Waals surface area contributed by atoms with Gasteiger partial charge in [0, 0.05) is 25.1 Å². The minimum Gasteiger partial charge on any atom is -0.396 e. The normalized spacial score (nSPS) is 38.0. The van der Waals surface area contributed by atoms with Crippen LogP contribution in [0.5, 0.6) is 0 Å². The van der Waals surface area contributed by atoms with Gasteiger partial charge < -0.3 is 15.7 Å². The molecule has 98 valence electrons. The Morgan fingerprint density at radius 3 is 2.94 bits per heavy atom. The molecule has 4 nitrogen and oxygen atoms in total. The average Bonchev–Trinajstić information content (AvgIpc) is 2.77. The van der Waals surface area contributed by atoms with Crippen LogP contribution in [0.15, 0.2) is 0 Å². The Hall–Kier alpha value is -0.610. The third kappa shape index (κ3) is 2.80. The van der Waals surface area contributed by atoms with Crippen molar-refractivity contribution < 1.29 is 9.90 Å². The lowest BCUT2D eigenvalue weighted by Crippen LogP contribution is -2.52. The zero-order valence-electron chi connectivity index (χ0n) is 10.7. The predicted octanol–water partition coefficient (Wildman–Crippen LogP) is 0.653. The molecule has 4 heteroatoms. The molecule has 3 unspecified atom stereocenters. The second-order valence-corrected chi connectivity index (χ2v) is 5.79. The summed E-state index contributed by atoms with van der Waals surface area (Å²) in [5, 5.41) is 15.7. The van der Waals surface area contributed by atoms with Gasteiger partial charge in [0.15, 0.2) is 0 Å². The van der Waals surface area contributed by atoms with Gasteiger partial charge in [-0.25, -0.2) is 0 Å². The molecule has 0 aromatic heterocycles. The number of aliphatic hydroxyl groups is 1. The number of rotatable bonds is 3.